The second kappa shape index (κ2) is 8.66. The average molecular weight is 468 g/mol. The topological polar surface area (TPSA) is 66.8 Å². The van der Waals surface area contributed by atoms with E-state index < -0.39 is 0 Å². The van der Waals surface area contributed by atoms with Crippen LogP contribution in [-0.2, 0) is 25.9 Å². The number of H-pyrrole nitrogens is 1. The Labute approximate surface area is 201 Å². The van der Waals surface area contributed by atoms with Crippen molar-refractivity contribution in [1.29, 1.82) is 0 Å². The number of para-hydroxylation sites is 1. The number of fused-ring (bicyclic) bond motifs is 3. The Bertz CT molecular complexity index is 1520. The highest BCUT2D eigenvalue weighted by Gasteiger charge is 2.21. The number of rotatable bonds is 6. The standard InChI is InChI=1S/C27H25N5OS/c1-31(17-23-28-26(33)24-21-13-8-14-22(21)34-27(24)29-23)15-19-16-32(20-11-6-3-7-12-20)30-25(19)18-9-4-2-5-10-18/h2-7,9-12,16H,8,13-15,17H2,1H3,(H,28,29,33). The van der Waals surface area contributed by atoms with Crippen LogP contribution in [0.3, 0.4) is 0 Å². The molecule has 0 saturated heterocycles. The van der Waals surface area contributed by atoms with Crippen LogP contribution in [0.15, 0.2) is 71.7 Å². The Morgan fingerprint density at radius 3 is 2.59 bits per heavy atom. The summed E-state index contributed by atoms with van der Waals surface area (Å²) in [6.45, 7) is 1.23. The molecule has 0 atom stereocenters. The zero-order valence-corrected chi connectivity index (χ0v) is 19.8. The highest BCUT2D eigenvalue weighted by atomic mass is 32.1. The van der Waals surface area contributed by atoms with Gasteiger partial charge in [-0.05, 0) is 44.0 Å². The van der Waals surface area contributed by atoms with Crippen molar-refractivity contribution in [3.05, 3.63) is 99.0 Å². The lowest BCUT2D eigenvalue weighted by Crippen LogP contribution is -2.22. The van der Waals surface area contributed by atoms with Crippen molar-refractivity contribution < 1.29 is 0 Å². The summed E-state index contributed by atoms with van der Waals surface area (Å²) in [5, 5.41) is 5.72. The van der Waals surface area contributed by atoms with E-state index in [2.05, 4.69) is 40.3 Å². The van der Waals surface area contributed by atoms with Crippen LogP contribution in [0.25, 0.3) is 27.2 Å². The number of nitrogens with zero attached hydrogens (tertiary/aromatic N) is 4. The Morgan fingerprint density at radius 2 is 1.79 bits per heavy atom. The number of benzene rings is 2. The van der Waals surface area contributed by atoms with Crippen LogP contribution in [0.4, 0.5) is 0 Å². The van der Waals surface area contributed by atoms with Gasteiger partial charge in [-0.15, -0.1) is 11.3 Å². The molecule has 1 N–H and O–H groups in total. The van der Waals surface area contributed by atoms with Gasteiger partial charge in [0.05, 0.1) is 23.3 Å². The largest absolute Gasteiger partial charge is 0.309 e. The fourth-order valence-electron chi connectivity index (χ4n) is 4.80. The normalized spacial score (nSPS) is 13.1. The van der Waals surface area contributed by atoms with Gasteiger partial charge in [0.25, 0.3) is 5.56 Å². The summed E-state index contributed by atoms with van der Waals surface area (Å²) in [5.41, 5.74) is 5.40. The Kier molecular flexibility index (Phi) is 5.36. The van der Waals surface area contributed by atoms with E-state index in [1.165, 1.54) is 10.4 Å². The Balaban J connectivity index is 1.30. The summed E-state index contributed by atoms with van der Waals surface area (Å²) in [5.74, 6) is 0.705. The van der Waals surface area contributed by atoms with Crippen LogP contribution in [0.5, 0.6) is 0 Å². The van der Waals surface area contributed by atoms with Gasteiger partial charge in [-0.25, -0.2) is 9.67 Å². The Morgan fingerprint density at radius 1 is 1.03 bits per heavy atom. The van der Waals surface area contributed by atoms with Crippen LogP contribution in [0.1, 0.15) is 28.2 Å². The van der Waals surface area contributed by atoms with Gasteiger partial charge in [0.15, 0.2) is 0 Å². The Hall–Kier alpha value is -3.55. The molecule has 5 aromatic rings. The molecular formula is C27H25N5OS. The fourth-order valence-corrected chi connectivity index (χ4v) is 6.08. The molecule has 0 spiro atoms. The van der Waals surface area contributed by atoms with Crippen LogP contribution < -0.4 is 5.56 Å². The molecule has 1 aliphatic carbocycles. The van der Waals surface area contributed by atoms with E-state index in [0.717, 1.165) is 52.0 Å². The lowest BCUT2D eigenvalue weighted by Gasteiger charge is -2.16. The first kappa shape index (κ1) is 21.0. The maximum atomic E-state index is 12.8. The van der Waals surface area contributed by atoms with Crippen LogP contribution in [0.2, 0.25) is 0 Å². The number of hydrogen-bond donors (Lipinski definition) is 1. The molecule has 0 aliphatic heterocycles. The van der Waals surface area contributed by atoms with Crippen LogP contribution >= 0.6 is 11.3 Å². The molecule has 7 heteroatoms. The zero-order valence-electron chi connectivity index (χ0n) is 19.0. The SMILES string of the molecule is CN(Cc1nc2sc3c(c2c(=O)[nH]1)CCC3)Cc1cn(-c2ccccc2)nc1-c1ccccc1. The van der Waals surface area contributed by atoms with E-state index in [0.29, 0.717) is 18.9 Å². The minimum Gasteiger partial charge on any atom is -0.309 e. The third-order valence-electron chi connectivity index (χ3n) is 6.34. The third-order valence-corrected chi connectivity index (χ3v) is 7.53. The van der Waals surface area contributed by atoms with E-state index in [-0.39, 0.29) is 5.56 Å². The lowest BCUT2D eigenvalue weighted by atomic mass is 10.1. The molecule has 6 nitrogen and oxygen atoms in total. The predicted molar refractivity (Wildman–Crippen MR) is 136 cm³/mol. The first-order chi connectivity index (χ1) is 16.7. The van der Waals surface area contributed by atoms with E-state index in [4.69, 9.17) is 10.1 Å². The van der Waals surface area contributed by atoms with Crippen molar-refractivity contribution >= 4 is 21.6 Å². The molecule has 170 valence electrons. The van der Waals surface area contributed by atoms with Crippen molar-refractivity contribution in [2.45, 2.75) is 32.4 Å². The highest BCUT2D eigenvalue weighted by Crippen LogP contribution is 2.34. The third kappa shape index (κ3) is 3.87. The molecule has 0 radical (unpaired) electrons. The molecule has 0 unspecified atom stereocenters. The van der Waals surface area contributed by atoms with Gasteiger partial charge in [-0.3, -0.25) is 9.69 Å². The molecule has 3 aromatic heterocycles. The second-order valence-corrected chi connectivity index (χ2v) is 9.96. The molecule has 34 heavy (non-hydrogen) atoms. The molecule has 0 fully saturated rings. The molecule has 1 aliphatic rings. The van der Waals surface area contributed by atoms with Gasteiger partial charge in [0, 0.05) is 28.7 Å². The van der Waals surface area contributed by atoms with Crippen molar-refractivity contribution in [3.63, 3.8) is 0 Å². The van der Waals surface area contributed by atoms with Gasteiger partial charge in [0.1, 0.15) is 10.7 Å². The van der Waals surface area contributed by atoms with Crippen molar-refractivity contribution in [1.82, 2.24) is 24.6 Å². The minimum absolute atomic E-state index is 0.00493. The van der Waals surface area contributed by atoms with Gasteiger partial charge < -0.3 is 4.98 Å². The summed E-state index contributed by atoms with van der Waals surface area (Å²) in [7, 11) is 2.05. The summed E-state index contributed by atoms with van der Waals surface area (Å²) >= 11 is 1.68. The smallest absolute Gasteiger partial charge is 0.259 e. The van der Waals surface area contributed by atoms with Gasteiger partial charge >= 0.3 is 0 Å². The van der Waals surface area contributed by atoms with Crippen molar-refractivity contribution in [3.8, 4) is 16.9 Å². The minimum atomic E-state index is -0.00493. The number of aromatic nitrogens is 4. The molecular weight excluding hydrogens is 442 g/mol. The van der Waals surface area contributed by atoms with Crippen LogP contribution in [-0.4, -0.2) is 31.7 Å². The number of aromatic amines is 1. The summed E-state index contributed by atoms with van der Waals surface area (Å²) < 4.78 is 1.94. The first-order valence-electron chi connectivity index (χ1n) is 11.6. The highest BCUT2D eigenvalue weighted by molar-refractivity contribution is 7.18. The van der Waals surface area contributed by atoms with E-state index in [1.54, 1.807) is 11.3 Å². The van der Waals surface area contributed by atoms with Crippen LogP contribution in [0, 0.1) is 0 Å². The maximum Gasteiger partial charge on any atom is 0.259 e. The maximum absolute atomic E-state index is 12.8. The molecule has 2 aromatic carbocycles. The first-order valence-corrected chi connectivity index (χ1v) is 12.4. The van der Waals surface area contributed by atoms with Gasteiger partial charge in [-0.1, -0.05) is 48.5 Å². The van der Waals surface area contributed by atoms with Gasteiger partial charge in [-0.2, -0.15) is 5.10 Å². The van der Waals surface area contributed by atoms with Crippen molar-refractivity contribution in [2.75, 3.05) is 7.05 Å². The molecule has 0 saturated carbocycles. The average Bonchev–Trinajstić information content (AvgIpc) is 3.55. The molecule has 0 bridgehead atoms. The predicted octanol–water partition coefficient (Wildman–Crippen LogP) is 4.96. The number of nitrogens with one attached hydrogen (secondary N) is 1. The van der Waals surface area contributed by atoms with Gasteiger partial charge in [0.2, 0.25) is 0 Å². The molecule has 3 heterocycles. The van der Waals surface area contributed by atoms with E-state index in [1.807, 2.05) is 48.1 Å². The quantitative estimate of drug-likeness (QED) is 0.383. The second-order valence-electron chi connectivity index (χ2n) is 8.87. The number of hydrogen-bond acceptors (Lipinski definition) is 5. The van der Waals surface area contributed by atoms with Crippen molar-refractivity contribution in [2.24, 2.45) is 0 Å². The summed E-state index contributed by atoms with van der Waals surface area (Å²) in [6.07, 6.45) is 5.30. The van der Waals surface area contributed by atoms with E-state index >= 15 is 0 Å². The molecule has 6 rings (SSSR count). The summed E-state index contributed by atoms with van der Waals surface area (Å²) in [6, 6.07) is 20.4. The van der Waals surface area contributed by atoms with E-state index in [9.17, 15) is 4.79 Å². The zero-order chi connectivity index (χ0) is 23.1. The number of aryl methyl sites for hydroxylation is 2. The summed E-state index contributed by atoms with van der Waals surface area (Å²) in [4.78, 5) is 25.1. The fraction of sp³-hybridized carbons (Fsp3) is 0.222. The molecule has 0 amide bonds. The monoisotopic (exact) mass is 467 g/mol. The lowest BCUT2D eigenvalue weighted by molar-refractivity contribution is 0.311. The number of thiophene rings is 1.